The highest BCUT2D eigenvalue weighted by Crippen LogP contribution is 2.26. The molecule has 1 aromatic carbocycles. The van der Waals surface area contributed by atoms with Crippen LogP contribution in [-0.4, -0.2) is 37.2 Å². The molecule has 0 heterocycles. The lowest BCUT2D eigenvalue weighted by molar-refractivity contribution is -0.152. The van der Waals surface area contributed by atoms with Crippen LogP contribution in [-0.2, 0) is 14.3 Å². The SMILES string of the molecule is CCN(CCOC(=O)C(C)(C)C)c1ccc(N=C2C=CC(=O)C(Cl)=C2)c(C)c1. The number of likely N-dealkylation sites (N-methyl/N-ethyl adjacent to an activating group) is 1. The quantitative estimate of drug-likeness (QED) is 0.509. The van der Waals surface area contributed by atoms with E-state index in [9.17, 15) is 9.59 Å². The standard InChI is InChI=1S/C22H27ClN2O3/c1-6-25(11-12-28-21(27)22(3,4)5)17-8-9-19(15(2)13-17)24-16-7-10-20(26)18(23)14-16/h7-10,13-14H,6,11-12H2,1-5H3. The summed E-state index contributed by atoms with van der Waals surface area (Å²) in [7, 11) is 0. The summed E-state index contributed by atoms with van der Waals surface area (Å²) in [4.78, 5) is 30.0. The molecule has 2 rings (SSSR count). The van der Waals surface area contributed by atoms with E-state index in [1.807, 2.05) is 39.8 Å². The highest BCUT2D eigenvalue weighted by molar-refractivity contribution is 6.47. The minimum Gasteiger partial charge on any atom is -0.463 e. The molecule has 0 saturated carbocycles. The maximum Gasteiger partial charge on any atom is 0.311 e. The molecule has 0 radical (unpaired) electrons. The lowest BCUT2D eigenvalue weighted by Gasteiger charge is -2.25. The van der Waals surface area contributed by atoms with Crippen molar-refractivity contribution in [3.05, 3.63) is 47.0 Å². The second-order valence-electron chi connectivity index (χ2n) is 7.66. The number of rotatable bonds is 6. The van der Waals surface area contributed by atoms with Gasteiger partial charge in [-0.05, 0) is 76.6 Å². The van der Waals surface area contributed by atoms with Gasteiger partial charge in [-0.25, -0.2) is 4.99 Å². The third kappa shape index (κ3) is 5.80. The Morgan fingerprint density at radius 2 is 1.96 bits per heavy atom. The zero-order chi connectivity index (χ0) is 20.9. The Balaban J connectivity index is 2.08. The maximum absolute atomic E-state index is 11.9. The molecule has 6 heteroatoms. The van der Waals surface area contributed by atoms with Gasteiger partial charge in [-0.2, -0.15) is 0 Å². The number of aryl methyl sites for hydroxylation is 1. The van der Waals surface area contributed by atoms with E-state index in [1.165, 1.54) is 6.08 Å². The van der Waals surface area contributed by atoms with Gasteiger partial charge in [0.05, 0.1) is 28.4 Å². The molecule has 28 heavy (non-hydrogen) atoms. The Labute approximate surface area is 171 Å². The summed E-state index contributed by atoms with van der Waals surface area (Å²) in [5.74, 6) is -0.407. The number of ether oxygens (including phenoxy) is 1. The third-order valence-corrected chi connectivity index (χ3v) is 4.59. The zero-order valence-electron chi connectivity index (χ0n) is 17.1. The number of anilines is 1. The molecule has 0 spiro atoms. The summed E-state index contributed by atoms with van der Waals surface area (Å²) in [6.07, 6.45) is 4.64. The van der Waals surface area contributed by atoms with Crippen molar-refractivity contribution >= 4 is 40.4 Å². The Kier molecular flexibility index (Phi) is 7.19. The first-order valence-corrected chi connectivity index (χ1v) is 9.70. The average Bonchev–Trinajstić information content (AvgIpc) is 2.62. The molecule has 0 bridgehead atoms. The fourth-order valence-corrected chi connectivity index (χ4v) is 2.77. The fraction of sp³-hybridized carbons (Fsp3) is 0.409. The van der Waals surface area contributed by atoms with E-state index in [0.717, 1.165) is 23.5 Å². The normalized spacial score (nSPS) is 15.6. The van der Waals surface area contributed by atoms with Crippen molar-refractivity contribution in [2.75, 3.05) is 24.6 Å². The molecular weight excluding hydrogens is 376 g/mol. The van der Waals surface area contributed by atoms with Gasteiger partial charge in [0.15, 0.2) is 5.78 Å². The van der Waals surface area contributed by atoms with Crippen molar-refractivity contribution in [3.63, 3.8) is 0 Å². The monoisotopic (exact) mass is 402 g/mol. The van der Waals surface area contributed by atoms with Gasteiger partial charge in [0.2, 0.25) is 0 Å². The van der Waals surface area contributed by atoms with Crippen molar-refractivity contribution < 1.29 is 14.3 Å². The molecule has 5 nitrogen and oxygen atoms in total. The van der Waals surface area contributed by atoms with Gasteiger partial charge in [0.1, 0.15) is 6.61 Å². The second-order valence-corrected chi connectivity index (χ2v) is 8.07. The molecule has 0 atom stereocenters. The second kappa shape index (κ2) is 9.20. The smallest absolute Gasteiger partial charge is 0.311 e. The minimum absolute atomic E-state index is 0.164. The van der Waals surface area contributed by atoms with E-state index in [0.29, 0.717) is 18.9 Å². The van der Waals surface area contributed by atoms with Crippen LogP contribution in [0.3, 0.4) is 0 Å². The molecule has 1 aromatic rings. The van der Waals surface area contributed by atoms with Crippen LogP contribution in [0.4, 0.5) is 11.4 Å². The van der Waals surface area contributed by atoms with Gasteiger partial charge in [0.25, 0.3) is 0 Å². The first-order valence-electron chi connectivity index (χ1n) is 9.33. The van der Waals surface area contributed by atoms with Crippen molar-refractivity contribution in [3.8, 4) is 0 Å². The molecule has 1 aliphatic carbocycles. The summed E-state index contributed by atoms with van der Waals surface area (Å²) in [6, 6.07) is 5.98. The van der Waals surface area contributed by atoms with Crippen LogP contribution >= 0.6 is 11.6 Å². The number of carbonyl (C=O) groups excluding carboxylic acids is 2. The number of aliphatic imine (C=N–C) groups is 1. The van der Waals surface area contributed by atoms with Crippen molar-refractivity contribution in [2.24, 2.45) is 10.4 Å². The van der Waals surface area contributed by atoms with Gasteiger partial charge < -0.3 is 9.64 Å². The molecule has 0 saturated heterocycles. The number of nitrogens with zero attached hydrogens (tertiary/aromatic N) is 2. The van der Waals surface area contributed by atoms with Gasteiger partial charge in [-0.15, -0.1) is 0 Å². The number of halogens is 1. The lowest BCUT2D eigenvalue weighted by Crippen LogP contribution is -2.30. The number of ketones is 1. The number of carbonyl (C=O) groups is 2. The van der Waals surface area contributed by atoms with Crippen molar-refractivity contribution in [2.45, 2.75) is 34.6 Å². The summed E-state index contributed by atoms with van der Waals surface area (Å²) < 4.78 is 5.38. The Morgan fingerprint density at radius 3 is 2.54 bits per heavy atom. The number of allylic oxidation sites excluding steroid dienone is 4. The predicted octanol–water partition coefficient (Wildman–Crippen LogP) is 4.74. The van der Waals surface area contributed by atoms with Crippen LogP contribution in [0.5, 0.6) is 0 Å². The molecule has 1 aliphatic rings. The maximum atomic E-state index is 11.9. The largest absolute Gasteiger partial charge is 0.463 e. The Bertz CT molecular complexity index is 848. The minimum atomic E-state index is -0.496. The predicted molar refractivity (Wildman–Crippen MR) is 115 cm³/mol. The van der Waals surface area contributed by atoms with Gasteiger partial charge >= 0.3 is 5.97 Å². The van der Waals surface area contributed by atoms with Crippen LogP contribution in [0.1, 0.15) is 33.3 Å². The van der Waals surface area contributed by atoms with E-state index in [4.69, 9.17) is 16.3 Å². The number of esters is 1. The first kappa shape index (κ1) is 21.9. The number of hydrogen-bond donors (Lipinski definition) is 0. The van der Waals surface area contributed by atoms with Crippen LogP contribution in [0.15, 0.2) is 46.5 Å². The molecule has 0 amide bonds. The van der Waals surface area contributed by atoms with Crippen LogP contribution < -0.4 is 4.90 Å². The molecule has 150 valence electrons. The molecule has 0 fully saturated rings. The number of benzene rings is 1. The van der Waals surface area contributed by atoms with E-state index >= 15 is 0 Å². The average molecular weight is 403 g/mol. The Morgan fingerprint density at radius 1 is 1.25 bits per heavy atom. The summed E-state index contributed by atoms with van der Waals surface area (Å²) >= 11 is 5.89. The Hall–Kier alpha value is -2.40. The first-order chi connectivity index (χ1) is 13.1. The molecule has 0 N–H and O–H groups in total. The van der Waals surface area contributed by atoms with E-state index in [2.05, 4.69) is 22.9 Å². The van der Waals surface area contributed by atoms with Crippen LogP contribution in [0.2, 0.25) is 0 Å². The highest BCUT2D eigenvalue weighted by Gasteiger charge is 2.23. The third-order valence-electron chi connectivity index (χ3n) is 4.30. The molecule has 0 aromatic heterocycles. The summed E-state index contributed by atoms with van der Waals surface area (Å²) in [5, 5.41) is 0.164. The van der Waals surface area contributed by atoms with Crippen molar-refractivity contribution in [1.29, 1.82) is 0 Å². The zero-order valence-corrected chi connectivity index (χ0v) is 17.8. The summed E-state index contributed by atoms with van der Waals surface area (Å²) in [5.41, 5.74) is 3.00. The van der Waals surface area contributed by atoms with Gasteiger partial charge in [-0.1, -0.05) is 11.6 Å². The van der Waals surface area contributed by atoms with E-state index in [1.54, 1.807) is 12.2 Å². The molecule has 0 aliphatic heterocycles. The van der Waals surface area contributed by atoms with Gasteiger partial charge in [-0.3, -0.25) is 9.59 Å². The van der Waals surface area contributed by atoms with Crippen molar-refractivity contribution in [1.82, 2.24) is 0 Å². The fourth-order valence-electron chi connectivity index (χ4n) is 2.59. The summed E-state index contributed by atoms with van der Waals surface area (Å²) in [6.45, 7) is 11.3. The number of hydrogen-bond acceptors (Lipinski definition) is 5. The lowest BCUT2D eigenvalue weighted by atomic mass is 9.97. The highest BCUT2D eigenvalue weighted by atomic mass is 35.5. The van der Waals surface area contributed by atoms with E-state index in [-0.39, 0.29) is 16.8 Å². The molecular formula is C22H27ClN2O3. The van der Waals surface area contributed by atoms with Crippen LogP contribution in [0, 0.1) is 12.3 Å². The van der Waals surface area contributed by atoms with Crippen LogP contribution in [0.25, 0.3) is 0 Å². The topological polar surface area (TPSA) is 59.0 Å². The molecule has 0 unspecified atom stereocenters. The van der Waals surface area contributed by atoms with Gasteiger partial charge in [0, 0.05) is 12.2 Å². The van der Waals surface area contributed by atoms with E-state index < -0.39 is 5.41 Å².